The number of hydrogen-bond donors (Lipinski definition) is 1. The van der Waals surface area contributed by atoms with E-state index in [4.69, 9.17) is 9.47 Å². The highest BCUT2D eigenvalue weighted by atomic mass is 16.5. The van der Waals surface area contributed by atoms with Gasteiger partial charge in [-0.15, -0.1) is 0 Å². The summed E-state index contributed by atoms with van der Waals surface area (Å²) in [5.74, 6) is 0.185. The minimum Gasteiger partial charge on any atom is -0.426 e. The first kappa shape index (κ1) is 19.2. The Bertz CT molecular complexity index is 624. The van der Waals surface area contributed by atoms with Gasteiger partial charge in [-0.1, -0.05) is 0 Å². The van der Waals surface area contributed by atoms with Crippen molar-refractivity contribution in [3.8, 4) is 11.5 Å². The van der Waals surface area contributed by atoms with E-state index < -0.39 is 17.5 Å². The fraction of sp³-hybridized carbons (Fsp3) is 0.556. The molecule has 0 spiro atoms. The monoisotopic (exact) mass is 322 g/mol. The molecule has 5 nitrogen and oxygen atoms in total. The van der Waals surface area contributed by atoms with Gasteiger partial charge in [-0.3, -0.25) is 9.59 Å². The third-order valence-electron chi connectivity index (χ3n) is 3.79. The summed E-state index contributed by atoms with van der Waals surface area (Å²) in [5, 5.41) is 9.99. The van der Waals surface area contributed by atoms with E-state index in [1.54, 1.807) is 13.8 Å². The van der Waals surface area contributed by atoms with Crippen LogP contribution in [0.3, 0.4) is 0 Å². The summed E-state index contributed by atoms with van der Waals surface area (Å²) in [6.45, 7) is 11.6. The molecule has 0 saturated heterocycles. The van der Waals surface area contributed by atoms with Crippen LogP contribution in [0.1, 0.15) is 56.4 Å². The van der Waals surface area contributed by atoms with Crippen LogP contribution in [0.5, 0.6) is 11.5 Å². The first-order chi connectivity index (χ1) is 10.4. The summed E-state index contributed by atoms with van der Waals surface area (Å²) >= 11 is 0. The van der Waals surface area contributed by atoms with E-state index in [2.05, 4.69) is 0 Å². The van der Waals surface area contributed by atoms with Crippen molar-refractivity contribution in [3.05, 3.63) is 22.3 Å². The number of benzene rings is 1. The Labute approximate surface area is 137 Å². The van der Waals surface area contributed by atoms with Crippen LogP contribution < -0.4 is 9.47 Å². The molecule has 1 rings (SSSR count). The Balaban J connectivity index is 3.49. The molecule has 23 heavy (non-hydrogen) atoms. The van der Waals surface area contributed by atoms with Crippen molar-refractivity contribution in [2.75, 3.05) is 0 Å². The lowest BCUT2D eigenvalue weighted by molar-refractivity contribution is -0.133. The minimum absolute atomic E-state index is 0.399. The molecule has 0 heterocycles. The quantitative estimate of drug-likeness (QED) is 0.666. The van der Waals surface area contributed by atoms with Gasteiger partial charge in [-0.25, -0.2) is 0 Å². The molecule has 1 aromatic rings. The molecule has 0 aliphatic carbocycles. The first-order valence-electron chi connectivity index (χ1n) is 7.66. The summed E-state index contributed by atoms with van der Waals surface area (Å²) in [6.07, 6.45) is 0.997. The minimum atomic E-state index is -0.847. The van der Waals surface area contributed by atoms with Gasteiger partial charge in [0.05, 0.1) is 5.60 Å². The second-order valence-electron chi connectivity index (χ2n) is 6.51. The fourth-order valence-electron chi connectivity index (χ4n) is 2.47. The maximum atomic E-state index is 11.4. The lowest BCUT2D eigenvalue weighted by Crippen LogP contribution is -2.20. The Morgan fingerprint density at radius 2 is 1.35 bits per heavy atom. The smallest absolute Gasteiger partial charge is 0.308 e. The highest BCUT2D eigenvalue weighted by molar-refractivity contribution is 5.74. The molecule has 1 N–H and O–H groups in total. The molecule has 5 heteroatoms. The number of aliphatic hydroxyl groups is 1. The van der Waals surface area contributed by atoms with Gasteiger partial charge in [0.1, 0.15) is 11.5 Å². The van der Waals surface area contributed by atoms with Crippen LogP contribution in [0.25, 0.3) is 0 Å². The second kappa shape index (κ2) is 7.13. The van der Waals surface area contributed by atoms with Crippen molar-refractivity contribution in [3.63, 3.8) is 0 Å². The maximum absolute atomic E-state index is 11.4. The molecule has 0 radical (unpaired) electrons. The van der Waals surface area contributed by atoms with Crippen LogP contribution in [0.4, 0.5) is 0 Å². The average molecular weight is 322 g/mol. The number of ether oxygens (including phenoxy) is 2. The Morgan fingerprint density at radius 3 is 1.78 bits per heavy atom. The molecule has 0 unspecified atom stereocenters. The highest BCUT2D eigenvalue weighted by Gasteiger charge is 2.23. The Morgan fingerprint density at radius 1 is 0.913 bits per heavy atom. The molecule has 0 aromatic heterocycles. The van der Waals surface area contributed by atoms with Crippen LogP contribution >= 0.6 is 0 Å². The molecule has 0 atom stereocenters. The zero-order valence-corrected chi connectivity index (χ0v) is 15.0. The SMILES string of the molecule is CC(=O)Oc1c(C)c(C)c(OC(C)=O)c(CCC(C)(C)O)c1C. The van der Waals surface area contributed by atoms with Crippen molar-refractivity contribution in [1.29, 1.82) is 0 Å². The van der Waals surface area contributed by atoms with Crippen LogP contribution in [0.15, 0.2) is 0 Å². The number of carbonyl (C=O) groups is 2. The molecule has 0 aliphatic rings. The van der Waals surface area contributed by atoms with Crippen LogP contribution in [0.2, 0.25) is 0 Å². The van der Waals surface area contributed by atoms with Crippen molar-refractivity contribution in [2.24, 2.45) is 0 Å². The largest absolute Gasteiger partial charge is 0.426 e. The van der Waals surface area contributed by atoms with E-state index in [0.29, 0.717) is 24.3 Å². The van der Waals surface area contributed by atoms with Crippen LogP contribution in [-0.4, -0.2) is 22.6 Å². The van der Waals surface area contributed by atoms with E-state index in [1.807, 2.05) is 20.8 Å². The summed E-state index contributed by atoms with van der Waals surface area (Å²) in [7, 11) is 0. The summed E-state index contributed by atoms with van der Waals surface area (Å²) in [4.78, 5) is 22.8. The molecule has 0 fully saturated rings. The molecular weight excluding hydrogens is 296 g/mol. The molecule has 0 aliphatic heterocycles. The molecular formula is C18H26O5. The number of esters is 2. The maximum Gasteiger partial charge on any atom is 0.308 e. The molecule has 0 bridgehead atoms. The van der Waals surface area contributed by atoms with Gasteiger partial charge in [0.25, 0.3) is 0 Å². The predicted molar refractivity (Wildman–Crippen MR) is 87.9 cm³/mol. The van der Waals surface area contributed by atoms with E-state index >= 15 is 0 Å². The second-order valence-corrected chi connectivity index (χ2v) is 6.51. The van der Waals surface area contributed by atoms with Gasteiger partial charge >= 0.3 is 11.9 Å². The van der Waals surface area contributed by atoms with Crippen molar-refractivity contribution < 1.29 is 24.2 Å². The standard InChI is InChI=1S/C18H26O5/c1-10-11(2)17(23-14(5)20)15(8-9-18(6,7)21)12(3)16(10)22-13(4)19/h21H,8-9H2,1-7H3. The van der Waals surface area contributed by atoms with Crippen LogP contribution in [0, 0.1) is 20.8 Å². The van der Waals surface area contributed by atoms with Crippen molar-refractivity contribution in [2.45, 2.75) is 66.9 Å². The van der Waals surface area contributed by atoms with Gasteiger partial charge in [0.15, 0.2) is 0 Å². The van der Waals surface area contributed by atoms with Gasteiger partial charge in [0, 0.05) is 19.4 Å². The van der Waals surface area contributed by atoms with Gasteiger partial charge < -0.3 is 14.6 Å². The van der Waals surface area contributed by atoms with E-state index in [-0.39, 0.29) is 0 Å². The number of hydrogen-bond acceptors (Lipinski definition) is 5. The first-order valence-corrected chi connectivity index (χ1v) is 7.66. The van der Waals surface area contributed by atoms with Gasteiger partial charge in [0.2, 0.25) is 0 Å². The lowest BCUT2D eigenvalue weighted by atomic mass is 9.91. The zero-order chi connectivity index (χ0) is 17.9. The summed E-state index contributed by atoms with van der Waals surface area (Å²) < 4.78 is 10.7. The van der Waals surface area contributed by atoms with E-state index in [9.17, 15) is 14.7 Å². The molecule has 128 valence electrons. The normalized spacial score (nSPS) is 11.3. The molecule has 1 aromatic carbocycles. The lowest BCUT2D eigenvalue weighted by Gasteiger charge is -2.23. The highest BCUT2D eigenvalue weighted by Crippen LogP contribution is 2.39. The Hall–Kier alpha value is -1.88. The zero-order valence-electron chi connectivity index (χ0n) is 15.0. The van der Waals surface area contributed by atoms with Crippen molar-refractivity contribution in [1.82, 2.24) is 0 Å². The third-order valence-corrected chi connectivity index (χ3v) is 3.79. The number of rotatable bonds is 5. The Kier molecular flexibility index (Phi) is 5.94. The predicted octanol–water partition coefficient (Wildman–Crippen LogP) is 3.17. The van der Waals surface area contributed by atoms with Crippen molar-refractivity contribution >= 4 is 11.9 Å². The third kappa shape index (κ3) is 5.06. The molecule has 0 saturated carbocycles. The molecule has 0 amide bonds. The van der Waals surface area contributed by atoms with E-state index in [0.717, 1.165) is 22.3 Å². The topological polar surface area (TPSA) is 72.8 Å². The van der Waals surface area contributed by atoms with Gasteiger partial charge in [-0.05, 0) is 64.2 Å². The van der Waals surface area contributed by atoms with Gasteiger partial charge in [-0.2, -0.15) is 0 Å². The fourth-order valence-corrected chi connectivity index (χ4v) is 2.47. The van der Waals surface area contributed by atoms with Crippen LogP contribution in [-0.2, 0) is 16.0 Å². The summed E-state index contributed by atoms with van der Waals surface area (Å²) in [5.41, 5.74) is 2.21. The number of carbonyl (C=O) groups excluding carboxylic acids is 2. The van der Waals surface area contributed by atoms with E-state index in [1.165, 1.54) is 13.8 Å². The summed E-state index contributed by atoms with van der Waals surface area (Å²) in [6, 6.07) is 0. The average Bonchev–Trinajstić information content (AvgIpc) is 2.38.